The summed E-state index contributed by atoms with van der Waals surface area (Å²) >= 11 is 0. The normalized spacial score (nSPS) is 18.5. The Morgan fingerprint density at radius 3 is 2.67 bits per heavy atom. The highest BCUT2D eigenvalue weighted by molar-refractivity contribution is 5.84. The van der Waals surface area contributed by atoms with Crippen molar-refractivity contribution in [2.24, 2.45) is 0 Å². The Labute approximate surface area is 136 Å². The lowest BCUT2D eigenvalue weighted by molar-refractivity contribution is -0.137. The zero-order valence-electron chi connectivity index (χ0n) is 12.8. The molecule has 0 saturated heterocycles. The third-order valence-electron chi connectivity index (χ3n) is 4.38. The Balaban J connectivity index is 1.79. The topological polar surface area (TPSA) is 69.2 Å². The predicted octanol–water partition coefficient (Wildman–Crippen LogP) is 2.61. The van der Waals surface area contributed by atoms with Crippen molar-refractivity contribution in [3.8, 4) is 0 Å². The van der Waals surface area contributed by atoms with E-state index < -0.39 is 23.7 Å². The average molecular weight is 339 g/mol. The number of aromatic amines is 1. The monoisotopic (exact) mass is 339 g/mol. The fourth-order valence-electron chi connectivity index (χ4n) is 2.96. The average Bonchev–Trinajstić information content (AvgIpc) is 3.13. The number of amides is 1. The van der Waals surface area contributed by atoms with Crippen LogP contribution in [-0.4, -0.2) is 32.7 Å². The van der Waals surface area contributed by atoms with Gasteiger partial charge in [0.2, 0.25) is 5.91 Å². The molecule has 8 heteroatoms. The SMILES string of the molecule is CC(C(=O)N1Cc2[nH]ncc2C1CO)c1ccc(C(F)(F)F)cc1. The Hall–Kier alpha value is -2.35. The van der Waals surface area contributed by atoms with Gasteiger partial charge in [0.25, 0.3) is 0 Å². The highest BCUT2D eigenvalue weighted by atomic mass is 19.4. The Bertz CT molecular complexity index is 740. The number of hydrogen-bond acceptors (Lipinski definition) is 3. The maximum absolute atomic E-state index is 12.7. The van der Waals surface area contributed by atoms with Crippen LogP contribution in [0.2, 0.25) is 0 Å². The van der Waals surface area contributed by atoms with E-state index in [4.69, 9.17) is 0 Å². The summed E-state index contributed by atoms with van der Waals surface area (Å²) in [7, 11) is 0. The van der Waals surface area contributed by atoms with E-state index in [1.807, 2.05) is 0 Å². The molecule has 1 aromatic heterocycles. The number of carbonyl (C=O) groups is 1. The molecular weight excluding hydrogens is 323 g/mol. The van der Waals surface area contributed by atoms with E-state index in [9.17, 15) is 23.1 Å². The second kappa shape index (κ2) is 5.94. The number of aliphatic hydroxyl groups is 1. The van der Waals surface area contributed by atoms with E-state index in [1.165, 1.54) is 17.0 Å². The molecule has 0 fully saturated rings. The molecule has 3 rings (SSSR count). The highest BCUT2D eigenvalue weighted by Crippen LogP contribution is 2.35. The molecule has 2 heterocycles. The van der Waals surface area contributed by atoms with Crippen molar-refractivity contribution < 1.29 is 23.1 Å². The largest absolute Gasteiger partial charge is 0.416 e. The van der Waals surface area contributed by atoms with Crippen LogP contribution in [0.25, 0.3) is 0 Å². The molecule has 2 atom stereocenters. The standard InChI is InChI=1S/C16H16F3N3O2/c1-9(10-2-4-11(5-3-10)16(17,18)19)15(24)22-7-13-12(6-20-21-13)14(22)8-23/h2-6,9,14,23H,7-8H2,1H3,(H,20,21). The molecule has 2 N–H and O–H groups in total. The van der Waals surface area contributed by atoms with Gasteiger partial charge < -0.3 is 10.0 Å². The van der Waals surface area contributed by atoms with Gasteiger partial charge in [0.15, 0.2) is 0 Å². The second-order valence-corrected chi connectivity index (χ2v) is 5.81. The van der Waals surface area contributed by atoms with Gasteiger partial charge in [-0.2, -0.15) is 18.3 Å². The van der Waals surface area contributed by atoms with Crippen molar-refractivity contribution in [3.63, 3.8) is 0 Å². The number of aliphatic hydroxyl groups excluding tert-OH is 1. The molecule has 2 unspecified atom stereocenters. The lowest BCUT2D eigenvalue weighted by Gasteiger charge is -2.26. The number of H-pyrrole nitrogens is 1. The number of nitrogens with one attached hydrogen (secondary N) is 1. The number of benzene rings is 1. The van der Waals surface area contributed by atoms with Crippen molar-refractivity contribution in [1.82, 2.24) is 15.1 Å². The highest BCUT2D eigenvalue weighted by Gasteiger charge is 2.37. The summed E-state index contributed by atoms with van der Waals surface area (Å²) in [5.74, 6) is -0.864. The van der Waals surface area contributed by atoms with Crippen molar-refractivity contribution >= 4 is 5.91 Å². The van der Waals surface area contributed by atoms with E-state index in [2.05, 4.69) is 10.2 Å². The van der Waals surface area contributed by atoms with Crippen LogP contribution < -0.4 is 0 Å². The number of alkyl halides is 3. The first-order chi connectivity index (χ1) is 11.3. The van der Waals surface area contributed by atoms with E-state index in [0.29, 0.717) is 12.1 Å². The fourth-order valence-corrected chi connectivity index (χ4v) is 2.96. The lowest BCUT2D eigenvalue weighted by Crippen LogP contribution is -2.34. The Kier molecular flexibility index (Phi) is 4.08. The van der Waals surface area contributed by atoms with Crippen LogP contribution in [0.1, 0.15) is 41.3 Å². The van der Waals surface area contributed by atoms with Gasteiger partial charge in [0, 0.05) is 5.56 Å². The number of halogens is 3. The first-order valence-electron chi connectivity index (χ1n) is 7.43. The van der Waals surface area contributed by atoms with Crippen LogP contribution in [-0.2, 0) is 17.5 Å². The summed E-state index contributed by atoms with van der Waals surface area (Å²) in [6, 6.07) is 4.09. The van der Waals surface area contributed by atoms with Crippen LogP contribution in [0, 0.1) is 0 Å². The van der Waals surface area contributed by atoms with Crippen molar-refractivity contribution in [2.75, 3.05) is 6.61 Å². The molecule has 0 saturated carbocycles. The fraction of sp³-hybridized carbons (Fsp3) is 0.375. The molecule has 1 amide bonds. The number of hydrogen-bond donors (Lipinski definition) is 2. The lowest BCUT2D eigenvalue weighted by atomic mass is 9.97. The minimum atomic E-state index is -4.40. The Morgan fingerprint density at radius 2 is 2.08 bits per heavy atom. The summed E-state index contributed by atoms with van der Waals surface area (Å²) in [5, 5.41) is 16.2. The van der Waals surface area contributed by atoms with Crippen molar-refractivity contribution in [2.45, 2.75) is 31.6 Å². The minimum Gasteiger partial charge on any atom is -0.394 e. The first kappa shape index (κ1) is 16.5. The maximum Gasteiger partial charge on any atom is 0.416 e. The first-order valence-corrected chi connectivity index (χ1v) is 7.43. The summed E-state index contributed by atoms with van der Waals surface area (Å²) < 4.78 is 37.9. The van der Waals surface area contributed by atoms with Gasteiger partial charge in [-0.3, -0.25) is 9.89 Å². The molecule has 128 valence electrons. The maximum atomic E-state index is 12.7. The van der Waals surface area contributed by atoms with Crippen LogP contribution >= 0.6 is 0 Å². The molecule has 1 aliphatic heterocycles. The van der Waals surface area contributed by atoms with E-state index in [-0.39, 0.29) is 12.5 Å². The molecule has 0 bridgehead atoms. The summed E-state index contributed by atoms with van der Waals surface area (Å²) in [4.78, 5) is 14.2. The molecular formula is C16H16F3N3O2. The molecule has 1 aliphatic rings. The van der Waals surface area contributed by atoms with Gasteiger partial charge in [-0.05, 0) is 24.6 Å². The number of fused-ring (bicyclic) bond motifs is 1. The van der Waals surface area contributed by atoms with E-state index in [0.717, 1.165) is 23.4 Å². The molecule has 1 aromatic carbocycles. The van der Waals surface area contributed by atoms with Gasteiger partial charge in [-0.1, -0.05) is 12.1 Å². The van der Waals surface area contributed by atoms with Gasteiger partial charge in [-0.15, -0.1) is 0 Å². The Morgan fingerprint density at radius 1 is 1.42 bits per heavy atom. The summed E-state index contributed by atoms with van der Waals surface area (Å²) in [6.45, 7) is 1.70. The third-order valence-corrected chi connectivity index (χ3v) is 4.38. The smallest absolute Gasteiger partial charge is 0.394 e. The minimum absolute atomic E-state index is 0.238. The van der Waals surface area contributed by atoms with Crippen molar-refractivity contribution in [3.05, 3.63) is 52.8 Å². The molecule has 2 aromatic rings. The molecule has 0 spiro atoms. The molecule has 24 heavy (non-hydrogen) atoms. The summed E-state index contributed by atoms with van der Waals surface area (Å²) in [6.07, 6.45) is -2.83. The predicted molar refractivity (Wildman–Crippen MR) is 78.8 cm³/mol. The van der Waals surface area contributed by atoms with E-state index >= 15 is 0 Å². The molecule has 0 aliphatic carbocycles. The third kappa shape index (κ3) is 2.77. The molecule has 0 radical (unpaired) electrons. The molecule has 5 nitrogen and oxygen atoms in total. The van der Waals surface area contributed by atoms with Crippen LogP contribution in [0.5, 0.6) is 0 Å². The number of nitrogens with zero attached hydrogens (tertiary/aromatic N) is 2. The zero-order chi connectivity index (χ0) is 17.5. The van der Waals surface area contributed by atoms with Gasteiger partial charge in [0.05, 0.1) is 42.6 Å². The summed E-state index contributed by atoms with van der Waals surface area (Å²) in [5.41, 5.74) is 1.28. The number of rotatable bonds is 3. The zero-order valence-corrected chi connectivity index (χ0v) is 12.8. The van der Waals surface area contributed by atoms with Gasteiger partial charge in [0.1, 0.15) is 0 Å². The van der Waals surface area contributed by atoms with Crippen LogP contribution in [0.3, 0.4) is 0 Å². The second-order valence-electron chi connectivity index (χ2n) is 5.81. The number of aromatic nitrogens is 2. The van der Waals surface area contributed by atoms with Gasteiger partial charge >= 0.3 is 6.18 Å². The number of carbonyl (C=O) groups excluding carboxylic acids is 1. The van der Waals surface area contributed by atoms with Crippen LogP contribution in [0.4, 0.5) is 13.2 Å². The van der Waals surface area contributed by atoms with Crippen molar-refractivity contribution in [1.29, 1.82) is 0 Å². The van der Waals surface area contributed by atoms with Crippen LogP contribution in [0.15, 0.2) is 30.5 Å². The van der Waals surface area contributed by atoms with Gasteiger partial charge in [-0.25, -0.2) is 0 Å². The van der Waals surface area contributed by atoms with E-state index in [1.54, 1.807) is 13.1 Å². The quantitative estimate of drug-likeness (QED) is 0.903.